The number of amides is 1. The molecule has 1 N–H and O–H groups in total. The van der Waals surface area contributed by atoms with Crippen molar-refractivity contribution in [1.29, 1.82) is 0 Å². The first-order valence-electron chi connectivity index (χ1n) is 9.47. The number of hydrogen-bond acceptors (Lipinski definition) is 3. The minimum absolute atomic E-state index is 0.0891. The number of piperidine rings is 1. The van der Waals surface area contributed by atoms with Crippen molar-refractivity contribution in [3.8, 4) is 5.75 Å². The molecule has 0 saturated carbocycles. The molecule has 1 aliphatic heterocycles. The molecule has 2 aromatic carbocycles. The number of benzene rings is 2. The van der Waals surface area contributed by atoms with Gasteiger partial charge in [0.2, 0.25) is 0 Å². The molecule has 0 aromatic heterocycles. The number of ether oxygens (including phenoxy) is 1. The third-order valence-electron chi connectivity index (χ3n) is 5.30. The zero-order chi connectivity index (χ0) is 19.4. The van der Waals surface area contributed by atoms with Gasteiger partial charge in [-0.15, -0.1) is 0 Å². The number of halogens is 1. The molecule has 0 aliphatic carbocycles. The fraction of sp³-hybridized carbons (Fsp3) is 0.409. The minimum atomic E-state index is -0.152. The number of carbonyl (C=O) groups excluding carboxylic acids is 1. The maximum Gasteiger partial charge on any atom is 0.251 e. The van der Waals surface area contributed by atoms with Gasteiger partial charge in [0.05, 0.1) is 18.2 Å². The Morgan fingerprint density at radius 2 is 1.85 bits per heavy atom. The fourth-order valence-corrected chi connectivity index (χ4v) is 3.67. The topological polar surface area (TPSA) is 41.6 Å². The number of methoxy groups -OCH3 is 1. The van der Waals surface area contributed by atoms with Crippen molar-refractivity contribution in [3.05, 3.63) is 58.6 Å². The first-order chi connectivity index (χ1) is 13.0. The van der Waals surface area contributed by atoms with Gasteiger partial charge in [0, 0.05) is 24.3 Å². The van der Waals surface area contributed by atoms with Crippen LogP contribution in [0, 0.1) is 5.92 Å². The molecule has 1 heterocycles. The van der Waals surface area contributed by atoms with E-state index in [0.29, 0.717) is 16.3 Å². The number of nitrogens with zero attached hydrogens (tertiary/aromatic N) is 1. The molecule has 1 aliphatic rings. The van der Waals surface area contributed by atoms with Crippen LogP contribution < -0.4 is 15.0 Å². The van der Waals surface area contributed by atoms with Crippen LogP contribution in [0.25, 0.3) is 0 Å². The highest BCUT2D eigenvalue weighted by Gasteiger charge is 2.17. The van der Waals surface area contributed by atoms with Gasteiger partial charge >= 0.3 is 0 Å². The van der Waals surface area contributed by atoms with E-state index in [9.17, 15) is 4.79 Å². The summed E-state index contributed by atoms with van der Waals surface area (Å²) in [6.07, 6.45) is 2.50. The predicted octanol–water partition coefficient (Wildman–Crippen LogP) is 5.08. The Kier molecular flexibility index (Phi) is 6.27. The highest BCUT2D eigenvalue weighted by molar-refractivity contribution is 6.32. The second kappa shape index (κ2) is 8.66. The van der Waals surface area contributed by atoms with Crippen LogP contribution in [0.15, 0.2) is 42.5 Å². The number of carbonyl (C=O) groups is 1. The smallest absolute Gasteiger partial charge is 0.251 e. The third kappa shape index (κ3) is 4.75. The Balaban J connectivity index is 1.63. The van der Waals surface area contributed by atoms with Gasteiger partial charge in [0.1, 0.15) is 5.75 Å². The van der Waals surface area contributed by atoms with Crippen LogP contribution in [0.4, 0.5) is 5.69 Å². The molecule has 4 nitrogen and oxygen atoms in total. The summed E-state index contributed by atoms with van der Waals surface area (Å²) < 4.78 is 5.13. The lowest BCUT2D eigenvalue weighted by atomic mass is 9.98. The van der Waals surface area contributed by atoms with E-state index in [4.69, 9.17) is 16.3 Å². The number of rotatable bonds is 5. The molecule has 1 fully saturated rings. The summed E-state index contributed by atoms with van der Waals surface area (Å²) in [6.45, 7) is 6.54. The highest BCUT2D eigenvalue weighted by Crippen LogP contribution is 2.26. The molecule has 0 radical (unpaired) electrons. The second-order valence-corrected chi connectivity index (χ2v) is 7.71. The molecule has 1 atom stereocenters. The van der Waals surface area contributed by atoms with Crippen molar-refractivity contribution in [3.63, 3.8) is 0 Å². The summed E-state index contributed by atoms with van der Waals surface area (Å²) in [7, 11) is 1.55. The number of anilines is 1. The Morgan fingerprint density at radius 1 is 1.19 bits per heavy atom. The van der Waals surface area contributed by atoms with Gasteiger partial charge in [-0.05, 0) is 61.6 Å². The molecule has 5 heteroatoms. The van der Waals surface area contributed by atoms with Crippen LogP contribution in [0.3, 0.4) is 0 Å². The van der Waals surface area contributed by atoms with E-state index in [1.54, 1.807) is 25.3 Å². The molecule has 3 rings (SSSR count). The van der Waals surface area contributed by atoms with Crippen LogP contribution in [0.2, 0.25) is 5.02 Å². The summed E-state index contributed by atoms with van der Waals surface area (Å²) in [6, 6.07) is 13.5. The normalized spacial score (nSPS) is 16.1. The molecule has 2 aromatic rings. The van der Waals surface area contributed by atoms with Crippen LogP contribution >= 0.6 is 11.6 Å². The molecule has 0 bridgehead atoms. The molecular formula is C22H27ClN2O2. The van der Waals surface area contributed by atoms with Gasteiger partial charge < -0.3 is 15.0 Å². The van der Waals surface area contributed by atoms with Gasteiger partial charge in [-0.25, -0.2) is 0 Å². The van der Waals surface area contributed by atoms with Crippen molar-refractivity contribution in [1.82, 2.24) is 5.32 Å². The molecule has 0 unspecified atom stereocenters. The molecule has 1 saturated heterocycles. The fourth-order valence-electron chi connectivity index (χ4n) is 3.41. The summed E-state index contributed by atoms with van der Waals surface area (Å²) in [5.74, 6) is 1.23. The van der Waals surface area contributed by atoms with Gasteiger partial charge in [0.25, 0.3) is 5.91 Å². The average Bonchev–Trinajstić information content (AvgIpc) is 2.68. The van der Waals surface area contributed by atoms with E-state index in [0.717, 1.165) is 24.6 Å². The van der Waals surface area contributed by atoms with E-state index in [1.165, 1.54) is 18.5 Å². The van der Waals surface area contributed by atoms with Crippen LogP contribution in [0.1, 0.15) is 48.7 Å². The second-order valence-electron chi connectivity index (χ2n) is 7.31. The zero-order valence-corrected chi connectivity index (χ0v) is 16.9. The van der Waals surface area contributed by atoms with Crippen molar-refractivity contribution in [2.75, 3.05) is 25.1 Å². The van der Waals surface area contributed by atoms with Gasteiger partial charge in [-0.2, -0.15) is 0 Å². The lowest BCUT2D eigenvalue weighted by molar-refractivity contribution is 0.0940. The lowest BCUT2D eigenvalue weighted by Gasteiger charge is -2.32. The third-order valence-corrected chi connectivity index (χ3v) is 5.60. The molecule has 0 spiro atoms. The first kappa shape index (κ1) is 19.6. The van der Waals surface area contributed by atoms with Crippen LogP contribution in [-0.2, 0) is 0 Å². The Labute approximate surface area is 166 Å². The maximum absolute atomic E-state index is 12.5. The maximum atomic E-state index is 12.5. The van der Waals surface area contributed by atoms with Crippen LogP contribution in [-0.4, -0.2) is 26.1 Å². The first-order valence-corrected chi connectivity index (χ1v) is 9.85. The number of hydrogen-bond donors (Lipinski definition) is 1. The van der Waals surface area contributed by atoms with Crippen molar-refractivity contribution >= 4 is 23.2 Å². The van der Waals surface area contributed by atoms with E-state index >= 15 is 0 Å². The Hall–Kier alpha value is -2.20. The molecular weight excluding hydrogens is 360 g/mol. The SMILES string of the molecule is COc1ccc(C(=O)N[C@H](C)c2ccc(N3CCC(C)CC3)cc2)cc1Cl. The summed E-state index contributed by atoms with van der Waals surface area (Å²) in [5, 5.41) is 3.46. The van der Waals surface area contributed by atoms with E-state index in [-0.39, 0.29) is 11.9 Å². The zero-order valence-electron chi connectivity index (χ0n) is 16.2. The summed E-state index contributed by atoms with van der Waals surface area (Å²) >= 11 is 6.12. The average molecular weight is 387 g/mol. The standard InChI is InChI=1S/C22H27ClN2O2/c1-15-10-12-25(13-11-15)19-7-4-17(5-8-19)16(2)24-22(26)18-6-9-21(27-3)20(23)14-18/h4-9,14-16H,10-13H2,1-3H3,(H,24,26)/t16-/m1/s1. The van der Waals surface area contributed by atoms with Gasteiger partial charge in [-0.1, -0.05) is 30.7 Å². The highest BCUT2D eigenvalue weighted by atomic mass is 35.5. The quantitative estimate of drug-likeness (QED) is 0.779. The van der Waals surface area contributed by atoms with Crippen molar-refractivity contribution in [2.45, 2.75) is 32.7 Å². The van der Waals surface area contributed by atoms with Crippen molar-refractivity contribution in [2.24, 2.45) is 5.92 Å². The number of nitrogens with one attached hydrogen (secondary N) is 1. The monoisotopic (exact) mass is 386 g/mol. The molecule has 144 valence electrons. The predicted molar refractivity (Wildman–Crippen MR) is 111 cm³/mol. The Bertz CT molecular complexity index is 783. The minimum Gasteiger partial charge on any atom is -0.495 e. The van der Waals surface area contributed by atoms with Crippen molar-refractivity contribution < 1.29 is 9.53 Å². The van der Waals surface area contributed by atoms with E-state index < -0.39 is 0 Å². The largest absolute Gasteiger partial charge is 0.495 e. The summed E-state index contributed by atoms with van der Waals surface area (Å²) in [5.41, 5.74) is 2.86. The van der Waals surface area contributed by atoms with Crippen LogP contribution in [0.5, 0.6) is 5.75 Å². The van der Waals surface area contributed by atoms with E-state index in [1.807, 2.05) is 6.92 Å². The lowest BCUT2D eigenvalue weighted by Crippen LogP contribution is -2.32. The molecule has 27 heavy (non-hydrogen) atoms. The summed E-state index contributed by atoms with van der Waals surface area (Å²) in [4.78, 5) is 14.9. The van der Waals surface area contributed by atoms with Gasteiger partial charge in [-0.3, -0.25) is 4.79 Å². The van der Waals surface area contributed by atoms with E-state index in [2.05, 4.69) is 41.4 Å². The van der Waals surface area contributed by atoms with Gasteiger partial charge in [0.15, 0.2) is 0 Å². The Morgan fingerprint density at radius 3 is 2.44 bits per heavy atom. The molecule has 1 amide bonds.